The summed E-state index contributed by atoms with van der Waals surface area (Å²) in [4.78, 5) is 11.6. The van der Waals surface area contributed by atoms with Gasteiger partial charge >= 0.3 is 6.09 Å². The van der Waals surface area contributed by atoms with Gasteiger partial charge in [0.1, 0.15) is 5.60 Å². The van der Waals surface area contributed by atoms with Crippen molar-refractivity contribution in [3.63, 3.8) is 0 Å². The average Bonchev–Trinajstić information content (AvgIpc) is 2.34. The molecule has 0 aromatic heterocycles. The van der Waals surface area contributed by atoms with Crippen molar-refractivity contribution in [3.05, 3.63) is 33.3 Å². The zero-order valence-corrected chi connectivity index (χ0v) is 16.0. The molecule has 0 aliphatic rings. The van der Waals surface area contributed by atoms with Crippen molar-refractivity contribution < 1.29 is 9.53 Å². The number of benzene rings is 1. The molecule has 0 bridgehead atoms. The van der Waals surface area contributed by atoms with E-state index in [-0.39, 0.29) is 12.1 Å². The predicted octanol–water partition coefficient (Wildman–Crippen LogP) is 4.67. The molecule has 2 N–H and O–H groups in total. The van der Waals surface area contributed by atoms with Gasteiger partial charge in [-0.25, -0.2) is 4.79 Å². The summed E-state index contributed by atoms with van der Waals surface area (Å²) in [7, 11) is 0. The van der Waals surface area contributed by atoms with Crippen LogP contribution in [0.5, 0.6) is 0 Å². The van der Waals surface area contributed by atoms with Crippen molar-refractivity contribution in [1.29, 1.82) is 0 Å². The Bertz CT molecular complexity index is 517. The third-order valence-corrected chi connectivity index (χ3v) is 3.74. The molecule has 0 aliphatic carbocycles. The number of hydrogen-bond donors (Lipinski definition) is 2. The lowest BCUT2D eigenvalue weighted by Crippen LogP contribution is -2.42. The highest BCUT2D eigenvalue weighted by Gasteiger charge is 2.17. The lowest BCUT2D eigenvalue weighted by atomic mass is 10.1. The lowest BCUT2D eigenvalue weighted by Gasteiger charge is -2.23. The Morgan fingerprint density at radius 1 is 1.36 bits per heavy atom. The Morgan fingerprint density at radius 3 is 2.55 bits per heavy atom. The summed E-state index contributed by atoms with van der Waals surface area (Å²) < 4.78 is 6.16. The fourth-order valence-corrected chi connectivity index (χ4v) is 2.82. The fraction of sp³-hybridized carbons (Fsp3) is 0.562. The van der Waals surface area contributed by atoms with Crippen molar-refractivity contribution >= 4 is 33.6 Å². The van der Waals surface area contributed by atoms with Crippen LogP contribution in [0.2, 0.25) is 5.02 Å². The molecule has 0 spiro atoms. The summed E-state index contributed by atoms with van der Waals surface area (Å²) in [6.07, 6.45) is -0.407. The van der Waals surface area contributed by atoms with Gasteiger partial charge in [-0.2, -0.15) is 0 Å². The molecule has 0 radical (unpaired) electrons. The lowest BCUT2D eigenvalue weighted by molar-refractivity contribution is 0.0522. The summed E-state index contributed by atoms with van der Waals surface area (Å²) >= 11 is 9.64. The van der Waals surface area contributed by atoms with E-state index in [1.54, 1.807) is 0 Å². The molecular formula is C16H24BrClN2O2. The fourth-order valence-electron chi connectivity index (χ4n) is 1.98. The summed E-state index contributed by atoms with van der Waals surface area (Å²) in [6, 6.07) is 5.98. The quantitative estimate of drug-likeness (QED) is 0.767. The molecule has 0 saturated carbocycles. The van der Waals surface area contributed by atoms with E-state index in [9.17, 15) is 4.79 Å². The first-order valence-corrected chi connectivity index (χ1v) is 8.43. The number of rotatable bonds is 5. The van der Waals surface area contributed by atoms with E-state index in [1.165, 1.54) is 0 Å². The number of alkyl carbamates (subject to hydrolysis) is 1. The van der Waals surface area contributed by atoms with Gasteiger partial charge in [0.05, 0.1) is 0 Å². The third-order valence-electron chi connectivity index (χ3n) is 2.91. The van der Waals surface area contributed by atoms with Gasteiger partial charge in [-0.05, 0) is 52.3 Å². The number of amides is 1. The van der Waals surface area contributed by atoms with Crippen LogP contribution in [-0.4, -0.2) is 24.3 Å². The van der Waals surface area contributed by atoms with Gasteiger partial charge < -0.3 is 15.4 Å². The van der Waals surface area contributed by atoms with Gasteiger partial charge in [0.2, 0.25) is 0 Å². The first-order valence-electron chi connectivity index (χ1n) is 7.26. The highest BCUT2D eigenvalue weighted by atomic mass is 79.9. The van der Waals surface area contributed by atoms with Gasteiger partial charge in [-0.3, -0.25) is 0 Å². The molecule has 0 aliphatic heterocycles. The number of nitrogens with one attached hydrogen (secondary N) is 2. The molecule has 124 valence electrons. The molecule has 0 heterocycles. The van der Waals surface area contributed by atoms with Gasteiger partial charge in [0.25, 0.3) is 0 Å². The minimum Gasteiger partial charge on any atom is -0.444 e. The minimum atomic E-state index is -0.487. The molecule has 0 fully saturated rings. The molecule has 4 nitrogen and oxygen atoms in total. The molecule has 1 aromatic carbocycles. The standard InChI is InChI=1S/C16H24BrClN2O2/c1-10(9-19-15(21)22-16(3,4)5)20-11(2)13-7-6-12(17)8-14(13)18/h6-8,10-11,20H,9H2,1-5H3,(H,19,21). The second kappa shape index (κ2) is 8.18. The first-order chi connectivity index (χ1) is 10.1. The molecule has 0 saturated heterocycles. The molecular weight excluding hydrogens is 368 g/mol. The van der Waals surface area contributed by atoms with E-state index in [0.717, 1.165) is 10.0 Å². The van der Waals surface area contributed by atoms with Crippen LogP contribution in [0, 0.1) is 0 Å². The Balaban J connectivity index is 2.47. The van der Waals surface area contributed by atoms with Gasteiger partial charge in [-0.15, -0.1) is 0 Å². The van der Waals surface area contributed by atoms with E-state index < -0.39 is 11.7 Å². The highest BCUT2D eigenvalue weighted by Crippen LogP contribution is 2.26. The SMILES string of the molecule is CC(CNC(=O)OC(C)(C)C)NC(C)c1ccc(Br)cc1Cl. The molecule has 6 heteroatoms. The Labute approximate surface area is 146 Å². The summed E-state index contributed by atoms with van der Waals surface area (Å²) in [5, 5.41) is 6.87. The van der Waals surface area contributed by atoms with E-state index in [2.05, 4.69) is 26.6 Å². The highest BCUT2D eigenvalue weighted by molar-refractivity contribution is 9.10. The normalized spacial score (nSPS) is 14.3. The molecule has 1 aromatic rings. The molecule has 1 amide bonds. The monoisotopic (exact) mass is 390 g/mol. The van der Waals surface area contributed by atoms with E-state index >= 15 is 0 Å². The summed E-state index contributed by atoms with van der Waals surface area (Å²) in [5.41, 5.74) is 0.535. The summed E-state index contributed by atoms with van der Waals surface area (Å²) in [6.45, 7) is 10.0. The smallest absolute Gasteiger partial charge is 0.407 e. The maximum absolute atomic E-state index is 11.6. The van der Waals surface area contributed by atoms with Gasteiger partial charge in [0.15, 0.2) is 0 Å². The number of carbonyl (C=O) groups excluding carboxylic acids is 1. The number of hydrogen-bond acceptors (Lipinski definition) is 3. The van der Waals surface area contributed by atoms with Crippen LogP contribution in [0.1, 0.15) is 46.2 Å². The van der Waals surface area contributed by atoms with Crippen LogP contribution < -0.4 is 10.6 Å². The van der Waals surface area contributed by atoms with E-state index in [4.69, 9.17) is 16.3 Å². The maximum atomic E-state index is 11.6. The second-order valence-corrected chi connectivity index (χ2v) is 7.66. The van der Waals surface area contributed by atoms with Crippen LogP contribution in [0.25, 0.3) is 0 Å². The number of halogens is 2. The molecule has 22 heavy (non-hydrogen) atoms. The predicted molar refractivity (Wildman–Crippen MR) is 94.4 cm³/mol. The van der Waals surface area contributed by atoms with Crippen LogP contribution in [0.3, 0.4) is 0 Å². The van der Waals surface area contributed by atoms with E-state index in [1.807, 2.05) is 52.8 Å². The average molecular weight is 392 g/mol. The van der Waals surface area contributed by atoms with Crippen LogP contribution >= 0.6 is 27.5 Å². The number of ether oxygens (including phenoxy) is 1. The zero-order valence-electron chi connectivity index (χ0n) is 13.7. The molecule has 1 rings (SSSR count). The zero-order chi connectivity index (χ0) is 16.9. The van der Waals surface area contributed by atoms with Crippen LogP contribution in [-0.2, 0) is 4.74 Å². The van der Waals surface area contributed by atoms with Crippen molar-refractivity contribution in [2.24, 2.45) is 0 Å². The van der Waals surface area contributed by atoms with Crippen molar-refractivity contribution in [1.82, 2.24) is 10.6 Å². The van der Waals surface area contributed by atoms with Crippen LogP contribution in [0.4, 0.5) is 4.79 Å². The van der Waals surface area contributed by atoms with Crippen molar-refractivity contribution in [3.8, 4) is 0 Å². The Kier molecular flexibility index (Phi) is 7.16. The number of carbonyl (C=O) groups is 1. The summed E-state index contributed by atoms with van der Waals surface area (Å²) in [5.74, 6) is 0. The third kappa shape index (κ3) is 6.99. The maximum Gasteiger partial charge on any atom is 0.407 e. The van der Waals surface area contributed by atoms with Gasteiger partial charge in [0, 0.05) is 28.1 Å². The molecule has 2 unspecified atom stereocenters. The Morgan fingerprint density at radius 2 is 2.00 bits per heavy atom. The topological polar surface area (TPSA) is 50.4 Å². The molecule has 2 atom stereocenters. The van der Waals surface area contributed by atoms with Gasteiger partial charge in [-0.1, -0.05) is 33.6 Å². The van der Waals surface area contributed by atoms with Crippen LogP contribution in [0.15, 0.2) is 22.7 Å². The van der Waals surface area contributed by atoms with Crippen molar-refractivity contribution in [2.45, 2.75) is 52.3 Å². The Hall–Kier alpha value is -0.780. The van der Waals surface area contributed by atoms with E-state index in [0.29, 0.717) is 11.6 Å². The first kappa shape index (κ1) is 19.3. The van der Waals surface area contributed by atoms with Crippen molar-refractivity contribution in [2.75, 3.05) is 6.54 Å². The second-order valence-electron chi connectivity index (χ2n) is 6.34. The minimum absolute atomic E-state index is 0.0797. The largest absolute Gasteiger partial charge is 0.444 e.